The van der Waals surface area contributed by atoms with Crippen LogP contribution in [0.5, 0.6) is 0 Å². The van der Waals surface area contributed by atoms with Crippen LogP contribution in [0.3, 0.4) is 0 Å². The Labute approximate surface area is 146 Å². The van der Waals surface area contributed by atoms with Gasteiger partial charge in [0.1, 0.15) is 0 Å². The highest BCUT2D eigenvalue weighted by atomic mass is 32.1. The van der Waals surface area contributed by atoms with E-state index in [2.05, 4.69) is 27.1 Å². The first-order chi connectivity index (χ1) is 11.6. The van der Waals surface area contributed by atoms with Crippen molar-refractivity contribution in [2.45, 2.75) is 38.6 Å². The molecular weight excluding hydrogens is 322 g/mol. The van der Waals surface area contributed by atoms with Crippen molar-refractivity contribution in [3.05, 3.63) is 34.4 Å². The van der Waals surface area contributed by atoms with Gasteiger partial charge in [-0.25, -0.2) is 4.98 Å². The molecule has 2 aromatic heterocycles. The summed E-state index contributed by atoms with van der Waals surface area (Å²) in [5.74, 6) is 1.13. The Balaban J connectivity index is 1.48. The highest BCUT2D eigenvalue weighted by Crippen LogP contribution is 2.21. The van der Waals surface area contributed by atoms with Crippen LogP contribution in [0.15, 0.2) is 23.7 Å². The van der Waals surface area contributed by atoms with Gasteiger partial charge in [0.2, 0.25) is 5.91 Å². The molecule has 0 atom stereocenters. The number of amides is 1. The van der Waals surface area contributed by atoms with Crippen LogP contribution in [0.2, 0.25) is 0 Å². The molecule has 1 fully saturated rings. The van der Waals surface area contributed by atoms with Gasteiger partial charge in [-0.1, -0.05) is 0 Å². The number of hydrogen-bond acceptors (Lipinski definition) is 6. The number of hydrogen-bond donors (Lipinski definition) is 0. The minimum atomic E-state index is 0.237. The van der Waals surface area contributed by atoms with Crippen molar-refractivity contribution in [1.82, 2.24) is 20.1 Å². The summed E-state index contributed by atoms with van der Waals surface area (Å²) < 4.78 is 0. The fourth-order valence-electron chi connectivity index (χ4n) is 3.02. The van der Waals surface area contributed by atoms with Gasteiger partial charge < -0.3 is 9.80 Å². The lowest BCUT2D eigenvalue weighted by Crippen LogP contribution is -2.46. The summed E-state index contributed by atoms with van der Waals surface area (Å²) in [6.45, 7) is 3.56. The first kappa shape index (κ1) is 16.8. The van der Waals surface area contributed by atoms with Gasteiger partial charge in [-0.05, 0) is 31.9 Å². The molecule has 0 unspecified atom stereocenters. The molecular formula is C17H23N5OS. The molecule has 1 aliphatic rings. The predicted molar refractivity (Wildman–Crippen MR) is 95.2 cm³/mol. The number of thiazole rings is 1. The average molecular weight is 345 g/mol. The van der Waals surface area contributed by atoms with Crippen LogP contribution in [0.25, 0.3) is 0 Å². The smallest absolute Gasteiger partial charge is 0.222 e. The van der Waals surface area contributed by atoms with Gasteiger partial charge in [-0.2, -0.15) is 5.10 Å². The quantitative estimate of drug-likeness (QED) is 0.832. The lowest BCUT2D eigenvalue weighted by atomic mass is 10.0. The van der Waals surface area contributed by atoms with Crippen molar-refractivity contribution >= 4 is 23.1 Å². The van der Waals surface area contributed by atoms with Crippen LogP contribution >= 0.6 is 11.3 Å². The minimum Gasteiger partial charge on any atom is -0.355 e. The van der Waals surface area contributed by atoms with Crippen molar-refractivity contribution in [2.75, 3.05) is 25.0 Å². The standard InChI is InChI=1S/C17H23N5OS/c1-13-3-4-15(20-19-13)21(2)14-7-10-22(11-8-14)17(23)6-5-16-18-9-12-24-16/h3-4,9,12,14H,5-8,10-11H2,1-2H3. The van der Waals surface area contributed by atoms with Gasteiger partial charge in [-0.3, -0.25) is 4.79 Å². The third-order valence-electron chi connectivity index (χ3n) is 4.55. The van der Waals surface area contributed by atoms with E-state index in [1.54, 1.807) is 17.5 Å². The van der Waals surface area contributed by atoms with Gasteiger partial charge in [0.05, 0.1) is 10.7 Å². The number of nitrogens with zero attached hydrogens (tertiary/aromatic N) is 5. The molecule has 6 nitrogen and oxygen atoms in total. The highest BCUT2D eigenvalue weighted by Gasteiger charge is 2.25. The first-order valence-electron chi connectivity index (χ1n) is 8.33. The summed E-state index contributed by atoms with van der Waals surface area (Å²) in [6, 6.07) is 4.40. The number of aromatic nitrogens is 3. The fraction of sp³-hybridized carbons (Fsp3) is 0.529. The van der Waals surface area contributed by atoms with Crippen LogP contribution in [0.1, 0.15) is 30.0 Å². The number of carbonyl (C=O) groups excluding carboxylic acids is 1. The van der Waals surface area contributed by atoms with E-state index in [1.165, 1.54) is 0 Å². The van der Waals surface area contributed by atoms with E-state index in [1.807, 2.05) is 29.3 Å². The molecule has 128 valence electrons. The maximum Gasteiger partial charge on any atom is 0.222 e. The minimum absolute atomic E-state index is 0.237. The van der Waals surface area contributed by atoms with Crippen LogP contribution in [-0.2, 0) is 11.2 Å². The van der Waals surface area contributed by atoms with E-state index >= 15 is 0 Å². The summed E-state index contributed by atoms with van der Waals surface area (Å²) in [5, 5.41) is 11.4. The number of anilines is 1. The van der Waals surface area contributed by atoms with Crippen molar-refractivity contribution < 1.29 is 4.79 Å². The van der Waals surface area contributed by atoms with E-state index < -0.39 is 0 Å². The molecule has 7 heteroatoms. The zero-order valence-corrected chi connectivity index (χ0v) is 15.0. The topological polar surface area (TPSA) is 62.2 Å². The summed E-state index contributed by atoms with van der Waals surface area (Å²) in [5.41, 5.74) is 0.924. The van der Waals surface area contributed by atoms with Gasteiger partial charge in [-0.15, -0.1) is 16.4 Å². The Hall–Kier alpha value is -2.02. The maximum absolute atomic E-state index is 12.3. The van der Waals surface area contributed by atoms with Crippen molar-refractivity contribution in [1.29, 1.82) is 0 Å². The van der Waals surface area contributed by atoms with E-state index in [9.17, 15) is 4.79 Å². The summed E-state index contributed by atoms with van der Waals surface area (Å²) in [6.07, 6.45) is 5.02. The van der Waals surface area contributed by atoms with E-state index in [-0.39, 0.29) is 5.91 Å². The molecule has 0 radical (unpaired) electrons. The molecule has 0 aromatic carbocycles. The van der Waals surface area contributed by atoms with Crippen LogP contribution in [0, 0.1) is 6.92 Å². The summed E-state index contributed by atoms with van der Waals surface area (Å²) >= 11 is 1.61. The molecule has 1 amide bonds. The second-order valence-corrected chi connectivity index (χ2v) is 7.16. The molecule has 0 saturated carbocycles. The first-order valence-corrected chi connectivity index (χ1v) is 9.21. The van der Waals surface area contributed by atoms with E-state index in [0.717, 1.165) is 48.9 Å². The molecule has 24 heavy (non-hydrogen) atoms. The number of aryl methyl sites for hydroxylation is 2. The molecule has 3 rings (SSSR count). The molecule has 0 spiro atoms. The maximum atomic E-state index is 12.3. The molecule has 1 aliphatic heterocycles. The molecule has 1 saturated heterocycles. The average Bonchev–Trinajstić information content (AvgIpc) is 3.13. The Morgan fingerprint density at radius 2 is 2.12 bits per heavy atom. The fourth-order valence-corrected chi connectivity index (χ4v) is 3.64. The van der Waals surface area contributed by atoms with Gasteiger partial charge in [0.25, 0.3) is 0 Å². The van der Waals surface area contributed by atoms with Crippen LogP contribution in [0.4, 0.5) is 5.82 Å². The zero-order chi connectivity index (χ0) is 16.9. The van der Waals surface area contributed by atoms with Gasteiger partial charge in [0.15, 0.2) is 5.82 Å². The van der Waals surface area contributed by atoms with E-state index in [4.69, 9.17) is 0 Å². The van der Waals surface area contributed by atoms with Crippen molar-refractivity contribution in [3.8, 4) is 0 Å². The Bertz CT molecular complexity index is 650. The number of rotatable bonds is 5. The Morgan fingerprint density at radius 3 is 2.75 bits per heavy atom. The Kier molecular flexibility index (Phi) is 5.40. The predicted octanol–water partition coefficient (Wildman–Crippen LogP) is 2.30. The Morgan fingerprint density at radius 1 is 1.33 bits per heavy atom. The van der Waals surface area contributed by atoms with Crippen molar-refractivity contribution in [3.63, 3.8) is 0 Å². The largest absolute Gasteiger partial charge is 0.355 e. The van der Waals surface area contributed by atoms with Crippen LogP contribution in [-0.4, -0.2) is 52.2 Å². The monoisotopic (exact) mass is 345 g/mol. The number of piperidine rings is 1. The van der Waals surface area contributed by atoms with E-state index in [0.29, 0.717) is 12.5 Å². The third-order valence-corrected chi connectivity index (χ3v) is 5.39. The number of likely N-dealkylation sites (tertiary alicyclic amines) is 1. The SMILES string of the molecule is Cc1ccc(N(C)C2CCN(C(=O)CCc3nccs3)CC2)nn1. The summed E-state index contributed by atoms with van der Waals surface area (Å²) in [4.78, 5) is 20.7. The second-order valence-electron chi connectivity index (χ2n) is 6.18. The van der Waals surface area contributed by atoms with Crippen molar-refractivity contribution in [2.24, 2.45) is 0 Å². The normalized spacial score (nSPS) is 15.5. The van der Waals surface area contributed by atoms with Gasteiger partial charge in [0, 0.05) is 50.6 Å². The highest BCUT2D eigenvalue weighted by molar-refractivity contribution is 7.09. The molecule has 0 bridgehead atoms. The molecule has 3 heterocycles. The zero-order valence-electron chi connectivity index (χ0n) is 14.2. The number of carbonyl (C=O) groups is 1. The van der Waals surface area contributed by atoms with Crippen LogP contribution < -0.4 is 4.90 Å². The lowest BCUT2D eigenvalue weighted by Gasteiger charge is -2.37. The third kappa shape index (κ3) is 4.08. The molecule has 0 aliphatic carbocycles. The summed E-state index contributed by atoms with van der Waals surface area (Å²) in [7, 11) is 2.06. The molecule has 2 aromatic rings. The molecule has 0 N–H and O–H groups in total. The van der Waals surface area contributed by atoms with Gasteiger partial charge >= 0.3 is 0 Å². The lowest BCUT2D eigenvalue weighted by molar-refractivity contribution is -0.132. The second kappa shape index (κ2) is 7.70.